The Morgan fingerprint density at radius 2 is 1.62 bits per heavy atom. The average molecular weight is 387 g/mol. The molecular formula is C19H12Cl2N2O3. The van der Waals surface area contributed by atoms with E-state index in [0.29, 0.717) is 15.6 Å². The van der Waals surface area contributed by atoms with Crippen LogP contribution in [0, 0.1) is 0 Å². The summed E-state index contributed by atoms with van der Waals surface area (Å²) < 4.78 is 0. The minimum Gasteiger partial charge on any atom is -0.506 e. The number of aromatic nitrogens is 1. The van der Waals surface area contributed by atoms with Crippen LogP contribution in [0.4, 0.5) is 16.2 Å². The molecule has 0 aliphatic carbocycles. The number of phenols is 1. The smallest absolute Gasteiger partial charge is 0.416 e. The number of fused-ring (bicyclic) bond motifs is 3. The maximum atomic E-state index is 11.9. The highest BCUT2D eigenvalue weighted by Gasteiger charge is 2.22. The van der Waals surface area contributed by atoms with Crippen LogP contribution in [0.25, 0.3) is 21.8 Å². The standard InChI is InChI=1S/C19H12Cl2N2O3/c20-10-5-11(21)7-12(6-10)23(19(25)26)17-8-14-13-3-1-2-4-15(13)22-16(14)9-18(17)24/h1-9,22,24H,(H,25,26). The molecule has 0 aliphatic rings. The normalized spacial score (nSPS) is 11.2. The number of halogens is 2. The van der Waals surface area contributed by atoms with E-state index in [1.807, 2.05) is 24.3 Å². The number of benzene rings is 3. The topological polar surface area (TPSA) is 76.6 Å². The highest BCUT2D eigenvalue weighted by Crippen LogP contribution is 2.40. The second-order valence-electron chi connectivity index (χ2n) is 5.80. The highest BCUT2D eigenvalue weighted by atomic mass is 35.5. The lowest BCUT2D eigenvalue weighted by molar-refractivity contribution is 0.204. The molecule has 7 heteroatoms. The number of aromatic hydroxyl groups is 1. The van der Waals surface area contributed by atoms with Gasteiger partial charge in [-0.15, -0.1) is 0 Å². The lowest BCUT2D eigenvalue weighted by Gasteiger charge is -2.21. The number of nitrogens with zero attached hydrogens (tertiary/aromatic N) is 1. The summed E-state index contributed by atoms with van der Waals surface area (Å²) in [4.78, 5) is 16.1. The summed E-state index contributed by atoms with van der Waals surface area (Å²) in [6, 6.07) is 15.2. The molecule has 0 saturated carbocycles. The van der Waals surface area contributed by atoms with Crippen molar-refractivity contribution < 1.29 is 15.0 Å². The summed E-state index contributed by atoms with van der Waals surface area (Å²) >= 11 is 12.0. The number of carbonyl (C=O) groups is 1. The molecule has 4 rings (SSSR count). The number of nitrogens with one attached hydrogen (secondary N) is 1. The zero-order valence-corrected chi connectivity index (χ0v) is 14.7. The van der Waals surface area contributed by atoms with Crippen LogP contribution in [0.1, 0.15) is 0 Å². The second kappa shape index (κ2) is 6.12. The third-order valence-electron chi connectivity index (χ3n) is 4.14. The average Bonchev–Trinajstić information content (AvgIpc) is 2.91. The number of anilines is 2. The van der Waals surface area contributed by atoms with Gasteiger partial charge >= 0.3 is 6.09 Å². The third-order valence-corrected chi connectivity index (χ3v) is 4.58. The van der Waals surface area contributed by atoms with Crippen molar-refractivity contribution in [2.45, 2.75) is 0 Å². The van der Waals surface area contributed by atoms with Gasteiger partial charge in [-0.05, 0) is 30.3 Å². The predicted octanol–water partition coefficient (Wildman–Crippen LogP) is 6.15. The number of phenolic OH excluding ortho intramolecular Hbond substituents is 1. The molecule has 1 amide bonds. The second-order valence-corrected chi connectivity index (χ2v) is 6.68. The summed E-state index contributed by atoms with van der Waals surface area (Å²) in [7, 11) is 0. The Morgan fingerprint density at radius 1 is 0.923 bits per heavy atom. The Kier molecular flexibility index (Phi) is 3.90. The van der Waals surface area contributed by atoms with E-state index in [4.69, 9.17) is 23.2 Å². The Bertz CT molecular complexity index is 1150. The summed E-state index contributed by atoms with van der Waals surface area (Å²) in [5, 5.41) is 22.5. The van der Waals surface area contributed by atoms with E-state index >= 15 is 0 Å². The van der Waals surface area contributed by atoms with Gasteiger partial charge in [-0.2, -0.15) is 0 Å². The Morgan fingerprint density at radius 3 is 2.31 bits per heavy atom. The maximum Gasteiger partial charge on any atom is 0.416 e. The van der Waals surface area contributed by atoms with Crippen LogP contribution in [0.3, 0.4) is 0 Å². The Balaban J connectivity index is 1.98. The van der Waals surface area contributed by atoms with Crippen LogP contribution in [-0.4, -0.2) is 21.3 Å². The molecule has 0 saturated heterocycles. The first-order valence-corrected chi connectivity index (χ1v) is 8.42. The minimum atomic E-state index is -1.27. The molecule has 0 fully saturated rings. The van der Waals surface area contributed by atoms with E-state index in [-0.39, 0.29) is 17.1 Å². The monoisotopic (exact) mass is 386 g/mol. The van der Waals surface area contributed by atoms with Crippen molar-refractivity contribution in [3.63, 3.8) is 0 Å². The zero-order valence-electron chi connectivity index (χ0n) is 13.2. The minimum absolute atomic E-state index is 0.119. The number of amides is 1. The molecule has 0 bridgehead atoms. The predicted molar refractivity (Wildman–Crippen MR) is 104 cm³/mol. The van der Waals surface area contributed by atoms with Crippen molar-refractivity contribution in [3.05, 3.63) is 64.6 Å². The van der Waals surface area contributed by atoms with Crippen molar-refractivity contribution >= 4 is 62.5 Å². The molecule has 3 aromatic carbocycles. The number of para-hydroxylation sites is 1. The van der Waals surface area contributed by atoms with E-state index < -0.39 is 6.09 Å². The zero-order chi connectivity index (χ0) is 18.4. The molecule has 26 heavy (non-hydrogen) atoms. The molecule has 4 aromatic rings. The Labute approximate surface area is 158 Å². The van der Waals surface area contributed by atoms with E-state index in [1.165, 1.54) is 24.3 Å². The lowest BCUT2D eigenvalue weighted by atomic mass is 10.1. The summed E-state index contributed by atoms with van der Waals surface area (Å²) in [6.07, 6.45) is -1.27. The Hall–Kier alpha value is -2.89. The van der Waals surface area contributed by atoms with E-state index in [9.17, 15) is 15.0 Å². The van der Waals surface area contributed by atoms with Crippen molar-refractivity contribution in [1.82, 2.24) is 4.98 Å². The first kappa shape index (κ1) is 16.6. The summed E-state index contributed by atoms with van der Waals surface area (Å²) in [5.74, 6) is -0.178. The molecule has 0 radical (unpaired) electrons. The summed E-state index contributed by atoms with van der Waals surface area (Å²) in [6.45, 7) is 0. The first-order valence-electron chi connectivity index (χ1n) is 7.66. The molecule has 0 atom stereocenters. The van der Waals surface area contributed by atoms with Gasteiger partial charge in [0.1, 0.15) is 5.75 Å². The van der Waals surface area contributed by atoms with E-state index in [1.54, 1.807) is 6.07 Å². The number of aromatic amines is 1. The van der Waals surface area contributed by atoms with Crippen LogP contribution in [0.15, 0.2) is 54.6 Å². The molecule has 5 nitrogen and oxygen atoms in total. The van der Waals surface area contributed by atoms with Crippen molar-refractivity contribution in [2.24, 2.45) is 0 Å². The van der Waals surface area contributed by atoms with Gasteiger partial charge in [0.15, 0.2) is 0 Å². The van der Waals surface area contributed by atoms with Gasteiger partial charge in [0.2, 0.25) is 0 Å². The van der Waals surface area contributed by atoms with Crippen LogP contribution in [0.2, 0.25) is 10.0 Å². The molecule has 130 valence electrons. The SMILES string of the molecule is O=C(O)N(c1cc(Cl)cc(Cl)c1)c1cc2c(cc1O)[nH]c1ccccc12. The maximum absolute atomic E-state index is 11.9. The fourth-order valence-corrected chi connectivity index (χ4v) is 3.59. The van der Waals surface area contributed by atoms with Gasteiger partial charge in [-0.3, -0.25) is 0 Å². The third kappa shape index (κ3) is 2.71. The molecular weight excluding hydrogens is 375 g/mol. The molecule has 1 aromatic heterocycles. The van der Waals surface area contributed by atoms with E-state index in [0.717, 1.165) is 21.2 Å². The largest absolute Gasteiger partial charge is 0.506 e. The van der Waals surface area contributed by atoms with Crippen molar-refractivity contribution in [2.75, 3.05) is 4.90 Å². The van der Waals surface area contributed by atoms with Crippen molar-refractivity contribution in [3.8, 4) is 5.75 Å². The van der Waals surface area contributed by atoms with Gasteiger partial charge in [-0.25, -0.2) is 9.69 Å². The molecule has 0 unspecified atom stereocenters. The van der Waals surface area contributed by atoms with Gasteiger partial charge in [0, 0.05) is 32.4 Å². The summed E-state index contributed by atoms with van der Waals surface area (Å²) in [5.41, 5.74) is 1.96. The molecule has 3 N–H and O–H groups in total. The fraction of sp³-hybridized carbons (Fsp3) is 0. The van der Waals surface area contributed by atoms with Gasteiger partial charge in [0.25, 0.3) is 0 Å². The van der Waals surface area contributed by atoms with Crippen LogP contribution < -0.4 is 4.90 Å². The van der Waals surface area contributed by atoms with Gasteiger partial charge < -0.3 is 15.2 Å². The van der Waals surface area contributed by atoms with Crippen LogP contribution in [-0.2, 0) is 0 Å². The molecule has 1 heterocycles. The fourth-order valence-electron chi connectivity index (χ4n) is 3.08. The number of hydrogen-bond donors (Lipinski definition) is 3. The number of hydrogen-bond acceptors (Lipinski definition) is 2. The number of rotatable bonds is 2. The van der Waals surface area contributed by atoms with Crippen molar-refractivity contribution in [1.29, 1.82) is 0 Å². The number of carboxylic acid groups (broad SMARTS) is 1. The van der Waals surface area contributed by atoms with E-state index in [2.05, 4.69) is 4.98 Å². The lowest BCUT2D eigenvalue weighted by Crippen LogP contribution is -2.23. The number of H-pyrrole nitrogens is 1. The highest BCUT2D eigenvalue weighted by molar-refractivity contribution is 6.35. The molecule has 0 aliphatic heterocycles. The quantitative estimate of drug-likeness (QED) is 0.386. The first-order chi connectivity index (χ1) is 12.4. The van der Waals surface area contributed by atoms with Gasteiger partial charge in [0.05, 0.1) is 16.9 Å². The molecule has 0 spiro atoms. The van der Waals surface area contributed by atoms with Gasteiger partial charge in [-0.1, -0.05) is 41.4 Å². The van der Waals surface area contributed by atoms with Crippen LogP contribution in [0.5, 0.6) is 5.75 Å². The van der Waals surface area contributed by atoms with Crippen LogP contribution >= 0.6 is 23.2 Å².